The van der Waals surface area contributed by atoms with Crippen LogP contribution in [-0.4, -0.2) is 22.9 Å². The van der Waals surface area contributed by atoms with Crippen molar-refractivity contribution in [3.05, 3.63) is 0 Å². The van der Waals surface area contributed by atoms with Gasteiger partial charge in [0, 0.05) is 12.8 Å². The second kappa shape index (κ2) is 21.9. The molecule has 0 rings (SSSR count). The van der Waals surface area contributed by atoms with Crippen LogP contribution in [0.15, 0.2) is 0 Å². The highest BCUT2D eigenvalue weighted by Crippen LogP contribution is 2.11. The van der Waals surface area contributed by atoms with E-state index in [1.807, 2.05) is 0 Å². The zero-order chi connectivity index (χ0) is 20.7. The van der Waals surface area contributed by atoms with Crippen LogP contribution in [-0.2, 0) is 0 Å². The fraction of sp³-hybridized carbons (Fsp3) is 0.769. The fourth-order valence-electron chi connectivity index (χ4n) is 3.01. The number of hydrogen-bond acceptors (Lipinski definition) is 2. The van der Waals surface area contributed by atoms with Crippen molar-refractivity contribution in [2.75, 3.05) is 6.61 Å². The van der Waals surface area contributed by atoms with Crippen LogP contribution in [0, 0.1) is 41.4 Å². The molecule has 2 N–H and O–H groups in total. The van der Waals surface area contributed by atoms with E-state index < -0.39 is 6.10 Å². The topological polar surface area (TPSA) is 40.5 Å². The van der Waals surface area contributed by atoms with E-state index in [-0.39, 0.29) is 6.61 Å². The molecule has 0 unspecified atom stereocenters. The summed E-state index contributed by atoms with van der Waals surface area (Å²) in [6, 6.07) is 0. The first-order valence-corrected chi connectivity index (χ1v) is 11.4. The summed E-state index contributed by atoms with van der Waals surface area (Å²) in [6.07, 6.45) is 17.4. The molecular formula is C26H42O2. The Hall–Kier alpha value is -1.40. The molecule has 0 saturated carbocycles. The normalized spacial score (nSPS) is 11.0. The van der Waals surface area contributed by atoms with E-state index >= 15 is 0 Å². The minimum Gasteiger partial charge on any atom is -0.384 e. The average molecular weight is 387 g/mol. The summed E-state index contributed by atoms with van der Waals surface area (Å²) in [4.78, 5) is 0. The van der Waals surface area contributed by atoms with E-state index in [0.29, 0.717) is 6.42 Å². The molecule has 28 heavy (non-hydrogen) atoms. The monoisotopic (exact) mass is 386 g/mol. The molecule has 0 aliphatic carbocycles. The second-order valence-corrected chi connectivity index (χ2v) is 7.96. The summed E-state index contributed by atoms with van der Waals surface area (Å²) in [5.74, 6) is 17.7. The van der Waals surface area contributed by atoms with Crippen molar-refractivity contribution in [2.45, 2.75) is 116 Å². The number of aliphatic hydroxyl groups is 2. The molecule has 0 radical (unpaired) electrons. The maximum atomic E-state index is 9.67. The van der Waals surface area contributed by atoms with Gasteiger partial charge in [0.25, 0.3) is 0 Å². The van der Waals surface area contributed by atoms with E-state index in [0.717, 1.165) is 31.6 Å². The molecule has 158 valence electrons. The predicted molar refractivity (Wildman–Crippen MR) is 121 cm³/mol. The number of aliphatic hydroxyl groups excluding tert-OH is 2. The van der Waals surface area contributed by atoms with Crippen molar-refractivity contribution in [3.63, 3.8) is 0 Å². The van der Waals surface area contributed by atoms with Gasteiger partial charge < -0.3 is 10.2 Å². The number of rotatable bonds is 15. The summed E-state index contributed by atoms with van der Waals surface area (Å²) in [5.41, 5.74) is 0. The number of hydrogen-bond donors (Lipinski definition) is 2. The largest absolute Gasteiger partial charge is 0.384 e. The van der Waals surface area contributed by atoms with Gasteiger partial charge in [-0.05, 0) is 43.4 Å². The molecule has 0 heterocycles. The molecule has 0 aromatic rings. The molecule has 0 saturated heterocycles. The number of unbranched alkanes of at least 4 members (excludes halogenated alkanes) is 11. The van der Waals surface area contributed by atoms with Crippen LogP contribution >= 0.6 is 0 Å². The van der Waals surface area contributed by atoms with Crippen molar-refractivity contribution >= 4 is 0 Å². The Balaban J connectivity index is 3.30. The van der Waals surface area contributed by atoms with E-state index in [1.165, 1.54) is 64.2 Å². The van der Waals surface area contributed by atoms with Crippen LogP contribution in [0.4, 0.5) is 0 Å². The minimum absolute atomic E-state index is 0.184. The molecule has 0 aliphatic rings. The first kappa shape index (κ1) is 26.6. The third-order valence-corrected chi connectivity index (χ3v) is 4.71. The average Bonchev–Trinajstić information content (AvgIpc) is 2.67. The van der Waals surface area contributed by atoms with Crippen molar-refractivity contribution in [1.82, 2.24) is 0 Å². The maximum Gasteiger partial charge on any atom is 0.115 e. The highest BCUT2D eigenvalue weighted by Gasteiger charge is 1.98. The van der Waals surface area contributed by atoms with Gasteiger partial charge in [-0.15, -0.1) is 11.8 Å². The van der Waals surface area contributed by atoms with Crippen LogP contribution in [0.1, 0.15) is 110 Å². The molecule has 0 aliphatic heterocycles. The lowest BCUT2D eigenvalue weighted by Crippen LogP contribution is -2.01. The Morgan fingerprint density at radius 3 is 1.64 bits per heavy atom. The van der Waals surface area contributed by atoms with E-state index in [9.17, 15) is 5.11 Å². The standard InChI is InChI=1S/C26H42O2/c1-25(2)21-17-14-12-10-8-6-4-3-5-7-9-11-13-15-18-22-26(28)23-19-16-20-24-27/h25-28H,3,5,7-15,17-18,21-22,24H2,1-2H3/t26-/m1/s1. The quantitative estimate of drug-likeness (QED) is 0.273. The maximum absolute atomic E-state index is 9.67. The lowest BCUT2D eigenvalue weighted by Gasteiger charge is -2.03. The predicted octanol–water partition coefficient (Wildman–Crippen LogP) is 5.86. The molecule has 0 aromatic carbocycles. The van der Waals surface area contributed by atoms with Crippen LogP contribution in [0.2, 0.25) is 0 Å². The van der Waals surface area contributed by atoms with Crippen molar-refractivity contribution in [1.29, 1.82) is 0 Å². The van der Waals surface area contributed by atoms with Gasteiger partial charge in [-0.25, -0.2) is 0 Å². The van der Waals surface area contributed by atoms with Gasteiger partial charge in [-0.3, -0.25) is 0 Å². The van der Waals surface area contributed by atoms with Crippen LogP contribution in [0.25, 0.3) is 0 Å². The fourth-order valence-corrected chi connectivity index (χ4v) is 3.01. The highest BCUT2D eigenvalue weighted by molar-refractivity contribution is 5.27. The summed E-state index contributed by atoms with van der Waals surface area (Å²) in [6.45, 7) is 4.41. The Morgan fingerprint density at radius 1 is 0.607 bits per heavy atom. The molecule has 0 bridgehead atoms. The van der Waals surface area contributed by atoms with Crippen LogP contribution in [0.3, 0.4) is 0 Å². The first-order chi connectivity index (χ1) is 13.7. The first-order valence-electron chi connectivity index (χ1n) is 11.4. The van der Waals surface area contributed by atoms with E-state index in [4.69, 9.17) is 5.11 Å². The van der Waals surface area contributed by atoms with Crippen molar-refractivity contribution in [2.24, 2.45) is 5.92 Å². The van der Waals surface area contributed by atoms with Gasteiger partial charge >= 0.3 is 0 Å². The third-order valence-electron chi connectivity index (χ3n) is 4.71. The zero-order valence-electron chi connectivity index (χ0n) is 18.4. The van der Waals surface area contributed by atoms with Gasteiger partial charge in [0.15, 0.2) is 0 Å². The molecular weight excluding hydrogens is 344 g/mol. The summed E-state index contributed by atoms with van der Waals surface area (Å²) >= 11 is 0. The molecule has 0 aromatic heterocycles. The van der Waals surface area contributed by atoms with Gasteiger partial charge in [-0.1, -0.05) is 83.5 Å². The minimum atomic E-state index is -0.591. The third kappa shape index (κ3) is 22.6. The Morgan fingerprint density at radius 2 is 1.11 bits per heavy atom. The van der Waals surface area contributed by atoms with E-state index in [2.05, 4.69) is 49.4 Å². The molecule has 2 heteroatoms. The Labute approximate surface area is 174 Å². The van der Waals surface area contributed by atoms with Gasteiger partial charge in [0.05, 0.1) is 0 Å². The molecule has 0 spiro atoms. The van der Waals surface area contributed by atoms with Crippen molar-refractivity contribution in [3.8, 4) is 35.5 Å². The molecule has 2 nitrogen and oxygen atoms in total. The van der Waals surface area contributed by atoms with Gasteiger partial charge in [-0.2, -0.15) is 0 Å². The van der Waals surface area contributed by atoms with Gasteiger partial charge in [0.1, 0.15) is 12.7 Å². The Kier molecular flexibility index (Phi) is 20.8. The second-order valence-electron chi connectivity index (χ2n) is 7.96. The summed E-state index contributed by atoms with van der Waals surface area (Å²) in [5, 5.41) is 18.2. The van der Waals surface area contributed by atoms with Gasteiger partial charge in [0.2, 0.25) is 0 Å². The molecule has 1 atom stereocenters. The van der Waals surface area contributed by atoms with Crippen LogP contribution in [0.5, 0.6) is 0 Å². The summed E-state index contributed by atoms with van der Waals surface area (Å²) < 4.78 is 0. The van der Waals surface area contributed by atoms with E-state index in [1.54, 1.807) is 0 Å². The molecule has 0 fully saturated rings. The smallest absolute Gasteiger partial charge is 0.115 e. The SMILES string of the molecule is CC(C)CCCCCCC#CCCCCCCCCC[C@@H](O)C#CC#CCO. The lowest BCUT2D eigenvalue weighted by atomic mass is 10.0. The van der Waals surface area contributed by atoms with Crippen LogP contribution < -0.4 is 0 Å². The Bertz CT molecular complexity index is 516. The summed E-state index contributed by atoms with van der Waals surface area (Å²) in [7, 11) is 0. The zero-order valence-corrected chi connectivity index (χ0v) is 18.4. The lowest BCUT2D eigenvalue weighted by molar-refractivity contribution is 0.217. The molecule has 0 amide bonds. The van der Waals surface area contributed by atoms with Crippen molar-refractivity contribution < 1.29 is 10.2 Å². The highest BCUT2D eigenvalue weighted by atomic mass is 16.3.